The Balaban J connectivity index is 4.14. The Morgan fingerprint density at radius 2 is 1.71 bits per heavy atom. The first kappa shape index (κ1) is 13.9. The van der Waals surface area contributed by atoms with Crippen LogP contribution in [0, 0.1) is 5.92 Å². The lowest BCUT2D eigenvalue weighted by molar-refractivity contribution is 0.504. The number of sulfonamides is 1. The Bertz CT molecular complexity index is 254. The fourth-order valence-corrected chi connectivity index (χ4v) is 1.83. The van der Waals surface area contributed by atoms with E-state index in [1.165, 1.54) is 0 Å². The second-order valence-electron chi connectivity index (χ2n) is 4.63. The third kappa shape index (κ3) is 4.39. The summed E-state index contributed by atoms with van der Waals surface area (Å²) in [5.41, 5.74) is 0. The number of nitrogens with one attached hydrogen (secondary N) is 2. The molecule has 0 aromatic carbocycles. The molecule has 0 aliphatic heterocycles. The predicted octanol–water partition coefficient (Wildman–Crippen LogP) is 0.560. The van der Waals surface area contributed by atoms with Crippen LogP contribution >= 0.6 is 0 Å². The van der Waals surface area contributed by atoms with Crippen molar-refractivity contribution < 1.29 is 8.42 Å². The second kappa shape index (κ2) is 5.09. The summed E-state index contributed by atoms with van der Waals surface area (Å²) in [6, 6.07) is 0. The normalized spacial score (nSPS) is 15.5. The van der Waals surface area contributed by atoms with E-state index in [-0.39, 0.29) is 0 Å². The van der Waals surface area contributed by atoms with Crippen molar-refractivity contribution in [2.24, 2.45) is 5.92 Å². The Labute approximate surface area is 87.5 Å². The summed E-state index contributed by atoms with van der Waals surface area (Å²) in [6.45, 7) is 8.38. The molecule has 0 saturated carbocycles. The topological polar surface area (TPSA) is 58.2 Å². The Morgan fingerprint density at radius 1 is 1.21 bits per heavy atom. The Hall–Kier alpha value is -0.130. The van der Waals surface area contributed by atoms with Crippen molar-refractivity contribution in [3.8, 4) is 0 Å². The fraction of sp³-hybridized carbons (Fsp3) is 1.00. The van der Waals surface area contributed by atoms with Crippen molar-refractivity contribution in [3.05, 3.63) is 0 Å². The van der Waals surface area contributed by atoms with Crippen LogP contribution < -0.4 is 10.0 Å². The minimum atomic E-state index is -3.19. The molecular formula is C9H22N2O2S. The van der Waals surface area contributed by atoms with E-state index < -0.39 is 14.8 Å². The molecule has 0 aliphatic rings. The number of hydrogen-bond donors (Lipinski definition) is 2. The van der Waals surface area contributed by atoms with E-state index in [1.807, 2.05) is 14.0 Å². The highest BCUT2D eigenvalue weighted by Crippen LogP contribution is 2.12. The highest BCUT2D eigenvalue weighted by molar-refractivity contribution is 7.90. The molecule has 0 saturated heterocycles. The van der Waals surface area contributed by atoms with E-state index in [9.17, 15) is 8.42 Å². The fourth-order valence-electron chi connectivity index (χ4n) is 0.889. The van der Waals surface area contributed by atoms with E-state index in [2.05, 4.69) is 10.0 Å². The van der Waals surface area contributed by atoms with Gasteiger partial charge in [0.05, 0.1) is 4.75 Å². The van der Waals surface area contributed by atoms with Gasteiger partial charge < -0.3 is 5.32 Å². The van der Waals surface area contributed by atoms with Crippen molar-refractivity contribution in [3.63, 3.8) is 0 Å². The maximum absolute atomic E-state index is 11.6. The lowest BCUT2D eigenvalue weighted by Crippen LogP contribution is -2.42. The van der Waals surface area contributed by atoms with Gasteiger partial charge in [0.25, 0.3) is 0 Å². The molecule has 0 heterocycles. The molecule has 5 heteroatoms. The molecule has 0 aromatic heterocycles. The summed E-state index contributed by atoms with van der Waals surface area (Å²) in [4.78, 5) is 0. The first-order valence-corrected chi connectivity index (χ1v) is 6.33. The van der Waals surface area contributed by atoms with Gasteiger partial charge in [-0.3, -0.25) is 0 Å². The van der Waals surface area contributed by atoms with Crippen molar-refractivity contribution in [1.82, 2.24) is 10.0 Å². The van der Waals surface area contributed by atoms with Gasteiger partial charge in [-0.25, -0.2) is 13.1 Å². The van der Waals surface area contributed by atoms with Crippen molar-refractivity contribution in [1.29, 1.82) is 0 Å². The molecule has 2 N–H and O–H groups in total. The molecule has 0 rings (SSSR count). The van der Waals surface area contributed by atoms with Gasteiger partial charge in [0.15, 0.2) is 0 Å². The Morgan fingerprint density at radius 3 is 2.07 bits per heavy atom. The van der Waals surface area contributed by atoms with Crippen LogP contribution in [0.3, 0.4) is 0 Å². The van der Waals surface area contributed by atoms with Crippen LogP contribution in [-0.2, 0) is 10.0 Å². The SMILES string of the molecule is CNCC(C)CNS(=O)(=O)C(C)(C)C. The molecular weight excluding hydrogens is 200 g/mol. The van der Waals surface area contributed by atoms with Crippen molar-refractivity contribution >= 4 is 10.0 Å². The van der Waals surface area contributed by atoms with E-state index >= 15 is 0 Å². The minimum Gasteiger partial charge on any atom is -0.319 e. The average molecular weight is 222 g/mol. The molecule has 4 nitrogen and oxygen atoms in total. The molecule has 0 aliphatic carbocycles. The summed E-state index contributed by atoms with van der Waals surface area (Å²) < 4.78 is 25.1. The molecule has 0 amide bonds. The zero-order valence-corrected chi connectivity index (χ0v) is 10.5. The van der Waals surface area contributed by atoms with Crippen LogP contribution in [0.1, 0.15) is 27.7 Å². The van der Waals surface area contributed by atoms with Crippen LogP contribution in [0.4, 0.5) is 0 Å². The van der Waals surface area contributed by atoms with Crippen LogP contribution in [0.15, 0.2) is 0 Å². The summed E-state index contributed by atoms with van der Waals surface area (Å²) in [5.74, 6) is 0.303. The third-order valence-corrected chi connectivity index (χ3v) is 4.14. The van der Waals surface area contributed by atoms with E-state index in [0.29, 0.717) is 12.5 Å². The van der Waals surface area contributed by atoms with E-state index in [0.717, 1.165) is 6.54 Å². The first-order valence-electron chi connectivity index (χ1n) is 4.84. The lowest BCUT2D eigenvalue weighted by Gasteiger charge is -2.21. The summed E-state index contributed by atoms with van der Waals surface area (Å²) in [6.07, 6.45) is 0. The molecule has 1 unspecified atom stereocenters. The van der Waals surface area contributed by atoms with Gasteiger partial charge >= 0.3 is 0 Å². The Kier molecular flexibility index (Phi) is 5.05. The van der Waals surface area contributed by atoms with Crippen LogP contribution in [0.2, 0.25) is 0 Å². The summed E-state index contributed by atoms with van der Waals surface area (Å²) in [7, 11) is -1.33. The lowest BCUT2D eigenvalue weighted by atomic mass is 10.2. The van der Waals surface area contributed by atoms with Gasteiger partial charge in [-0.1, -0.05) is 6.92 Å². The summed E-state index contributed by atoms with van der Waals surface area (Å²) in [5, 5.41) is 3.01. The monoisotopic (exact) mass is 222 g/mol. The molecule has 0 aromatic rings. The zero-order valence-electron chi connectivity index (χ0n) is 9.72. The maximum Gasteiger partial charge on any atom is 0.216 e. The third-order valence-electron chi connectivity index (χ3n) is 1.98. The van der Waals surface area contributed by atoms with E-state index in [4.69, 9.17) is 0 Å². The van der Waals surface area contributed by atoms with Gasteiger partial charge in [-0.15, -0.1) is 0 Å². The van der Waals surface area contributed by atoms with Gasteiger partial charge in [0.1, 0.15) is 0 Å². The highest BCUT2D eigenvalue weighted by Gasteiger charge is 2.28. The molecule has 1 atom stereocenters. The van der Waals surface area contributed by atoms with Crippen LogP contribution in [0.5, 0.6) is 0 Å². The van der Waals surface area contributed by atoms with Crippen molar-refractivity contribution in [2.75, 3.05) is 20.1 Å². The maximum atomic E-state index is 11.6. The molecule has 0 bridgehead atoms. The standard InChI is InChI=1S/C9H22N2O2S/c1-8(6-10-5)7-11-14(12,13)9(2,3)4/h8,10-11H,6-7H2,1-5H3. The molecule has 0 spiro atoms. The second-order valence-corrected chi connectivity index (χ2v) is 7.15. The molecule has 0 fully saturated rings. The van der Waals surface area contributed by atoms with Gasteiger partial charge in [0.2, 0.25) is 10.0 Å². The quantitative estimate of drug-likeness (QED) is 0.714. The molecule has 86 valence electrons. The smallest absolute Gasteiger partial charge is 0.216 e. The number of hydrogen-bond acceptors (Lipinski definition) is 3. The number of rotatable bonds is 5. The highest BCUT2D eigenvalue weighted by atomic mass is 32.2. The van der Waals surface area contributed by atoms with E-state index in [1.54, 1.807) is 20.8 Å². The summed E-state index contributed by atoms with van der Waals surface area (Å²) >= 11 is 0. The molecule has 0 radical (unpaired) electrons. The predicted molar refractivity (Wildman–Crippen MR) is 59.8 cm³/mol. The first-order chi connectivity index (χ1) is 6.20. The van der Waals surface area contributed by atoms with Gasteiger partial charge in [-0.05, 0) is 40.3 Å². The van der Waals surface area contributed by atoms with Crippen molar-refractivity contribution in [2.45, 2.75) is 32.4 Å². The van der Waals surface area contributed by atoms with Gasteiger partial charge in [0, 0.05) is 6.54 Å². The van der Waals surface area contributed by atoms with Gasteiger partial charge in [-0.2, -0.15) is 0 Å². The largest absolute Gasteiger partial charge is 0.319 e. The minimum absolute atomic E-state index is 0.303. The molecule has 14 heavy (non-hydrogen) atoms. The van der Waals surface area contributed by atoms with Crippen LogP contribution in [0.25, 0.3) is 0 Å². The average Bonchev–Trinajstić information content (AvgIpc) is 1.99. The van der Waals surface area contributed by atoms with Crippen LogP contribution in [-0.4, -0.2) is 33.3 Å². The zero-order chi connectivity index (χ0) is 11.4.